The number of rotatable bonds is 15. The molecule has 0 bridgehead atoms. The van der Waals surface area contributed by atoms with Crippen molar-refractivity contribution in [1.29, 1.82) is 0 Å². The van der Waals surface area contributed by atoms with Crippen molar-refractivity contribution in [1.82, 2.24) is 0 Å². The van der Waals surface area contributed by atoms with Crippen molar-refractivity contribution in [2.75, 3.05) is 0 Å². The van der Waals surface area contributed by atoms with Crippen LogP contribution in [0, 0.1) is 0 Å². The molecule has 5 heteroatoms. The maximum atomic E-state index is 12.1. The van der Waals surface area contributed by atoms with Gasteiger partial charge in [0, 0.05) is 5.39 Å². The fourth-order valence-corrected chi connectivity index (χ4v) is 5.32. The number of unbranched alkanes of at least 4 members (excludes halogenated alkanes) is 10. The van der Waals surface area contributed by atoms with E-state index in [2.05, 4.69) is 13.8 Å². The van der Waals surface area contributed by atoms with Gasteiger partial charge < -0.3 is 5.11 Å². The summed E-state index contributed by atoms with van der Waals surface area (Å²) >= 11 is 0. The standard InChI is InChI=1S/C26H40O4S/c1-3-5-7-9-11-13-17-21-22-18-15-16-20-24(22)26(31(28,29)30)25(27)23(21)19-14-12-10-8-6-4-2/h15-16,18,20,27H,3-14,17,19H2,1-2H3,(H,28,29,30). The van der Waals surface area contributed by atoms with Crippen molar-refractivity contribution in [3.63, 3.8) is 0 Å². The maximum absolute atomic E-state index is 12.1. The molecule has 0 amide bonds. The van der Waals surface area contributed by atoms with Crippen LogP contribution >= 0.6 is 0 Å². The van der Waals surface area contributed by atoms with Crippen LogP contribution in [0.4, 0.5) is 0 Å². The highest BCUT2D eigenvalue weighted by Crippen LogP contribution is 2.40. The van der Waals surface area contributed by atoms with Crippen LogP contribution in [0.5, 0.6) is 5.75 Å². The van der Waals surface area contributed by atoms with Crippen LogP contribution in [-0.2, 0) is 23.0 Å². The summed E-state index contributed by atoms with van der Waals surface area (Å²) in [6.07, 6.45) is 15.3. The van der Waals surface area contributed by atoms with E-state index >= 15 is 0 Å². The van der Waals surface area contributed by atoms with Gasteiger partial charge in [0.2, 0.25) is 0 Å². The third kappa shape index (κ3) is 7.50. The first-order valence-corrected chi connectivity index (χ1v) is 13.6. The second kappa shape index (κ2) is 13.1. The predicted molar refractivity (Wildman–Crippen MR) is 130 cm³/mol. The first-order valence-electron chi connectivity index (χ1n) is 12.1. The number of hydrogen-bond donors (Lipinski definition) is 2. The lowest BCUT2D eigenvalue weighted by Gasteiger charge is -2.18. The van der Waals surface area contributed by atoms with E-state index in [1.807, 2.05) is 12.1 Å². The third-order valence-corrected chi connectivity index (χ3v) is 7.11. The number of phenolic OH excluding ortho intramolecular Hbond substituents is 1. The number of phenols is 1. The number of aryl methyl sites for hydroxylation is 1. The summed E-state index contributed by atoms with van der Waals surface area (Å²) in [4.78, 5) is -0.337. The van der Waals surface area contributed by atoms with Gasteiger partial charge in [0.05, 0.1) is 0 Å². The van der Waals surface area contributed by atoms with E-state index in [1.54, 1.807) is 12.1 Å². The summed E-state index contributed by atoms with van der Waals surface area (Å²) in [5.41, 5.74) is 1.75. The zero-order valence-corrected chi connectivity index (χ0v) is 20.1. The third-order valence-electron chi connectivity index (χ3n) is 6.18. The molecule has 4 nitrogen and oxygen atoms in total. The van der Waals surface area contributed by atoms with Crippen molar-refractivity contribution in [2.45, 2.75) is 109 Å². The predicted octanol–water partition coefficient (Wildman–Crippen LogP) is 7.60. The van der Waals surface area contributed by atoms with E-state index in [9.17, 15) is 18.1 Å². The van der Waals surface area contributed by atoms with Crippen LogP contribution in [-0.4, -0.2) is 18.1 Å². The number of benzene rings is 2. The molecule has 2 rings (SSSR count). The fraction of sp³-hybridized carbons (Fsp3) is 0.615. The molecule has 0 unspecified atom stereocenters. The van der Waals surface area contributed by atoms with Crippen LogP contribution in [0.3, 0.4) is 0 Å². The minimum atomic E-state index is -4.53. The minimum Gasteiger partial charge on any atom is -0.506 e. The molecular formula is C26H40O4S. The van der Waals surface area contributed by atoms with Gasteiger partial charge in [0.15, 0.2) is 0 Å². The molecule has 0 saturated heterocycles. The SMILES string of the molecule is CCCCCCCCc1c(O)c(S(=O)(=O)O)c2ccccc2c1CCCCCCCC. The molecular weight excluding hydrogens is 408 g/mol. The zero-order valence-electron chi connectivity index (χ0n) is 19.3. The highest BCUT2D eigenvalue weighted by Gasteiger charge is 2.25. The first kappa shape index (κ1) is 25.7. The summed E-state index contributed by atoms with van der Waals surface area (Å²) in [5, 5.41) is 12.2. The average Bonchev–Trinajstić information content (AvgIpc) is 2.73. The van der Waals surface area contributed by atoms with Crippen LogP contribution in [0.2, 0.25) is 0 Å². The molecule has 0 fully saturated rings. The van der Waals surface area contributed by atoms with Gasteiger partial charge in [-0.1, -0.05) is 102 Å². The molecule has 174 valence electrons. The molecule has 0 spiro atoms. The van der Waals surface area contributed by atoms with E-state index in [1.165, 1.54) is 44.9 Å². The number of aromatic hydroxyl groups is 1. The van der Waals surface area contributed by atoms with Gasteiger partial charge >= 0.3 is 0 Å². The summed E-state index contributed by atoms with van der Waals surface area (Å²) in [6.45, 7) is 4.40. The van der Waals surface area contributed by atoms with Crippen LogP contribution < -0.4 is 0 Å². The largest absolute Gasteiger partial charge is 0.506 e. The highest BCUT2D eigenvalue weighted by atomic mass is 32.2. The van der Waals surface area contributed by atoms with Crippen LogP contribution in [0.1, 0.15) is 102 Å². The van der Waals surface area contributed by atoms with E-state index in [4.69, 9.17) is 0 Å². The zero-order chi connectivity index (χ0) is 22.7. The van der Waals surface area contributed by atoms with Gasteiger partial charge in [0.25, 0.3) is 10.1 Å². The monoisotopic (exact) mass is 448 g/mol. The summed E-state index contributed by atoms with van der Waals surface area (Å²) in [6, 6.07) is 7.24. The Morgan fingerprint density at radius 3 is 1.65 bits per heavy atom. The molecule has 0 radical (unpaired) electrons. The van der Waals surface area contributed by atoms with E-state index in [0.717, 1.165) is 49.5 Å². The van der Waals surface area contributed by atoms with Gasteiger partial charge in [-0.05, 0) is 42.2 Å². The quantitative estimate of drug-likeness (QED) is 0.217. The van der Waals surface area contributed by atoms with Gasteiger partial charge in [-0.3, -0.25) is 4.55 Å². The molecule has 0 atom stereocenters. The molecule has 2 aromatic carbocycles. The van der Waals surface area contributed by atoms with E-state index in [0.29, 0.717) is 17.4 Å². The van der Waals surface area contributed by atoms with Crippen molar-refractivity contribution < 1.29 is 18.1 Å². The smallest absolute Gasteiger partial charge is 0.298 e. The number of hydrogen-bond acceptors (Lipinski definition) is 3. The lowest BCUT2D eigenvalue weighted by atomic mass is 9.90. The lowest BCUT2D eigenvalue weighted by molar-refractivity contribution is 0.438. The molecule has 31 heavy (non-hydrogen) atoms. The molecule has 0 aliphatic rings. The minimum absolute atomic E-state index is 0.254. The molecule has 0 aliphatic carbocycles. The van der Waals surface area contributed by atoms with Crippen molar-refractivity contribution >= 4 is 20.9 Å². The van der Waals surface area contributed by atoms with E-state index in [-0.39, 0.29) is 10.6 Å². The maximum Gasteiger partial charge on any atom is 0.298 e. The molecule has 0 saturated carbocycles. The Morgan fingerprint density at radius 2 is 1.13 bits per heavy atom. The summed E-state index contributed by atoms with van der Waals surface area (Å²) < 4.78 is 34.1. The molecule has 2 N–H and O–H groups in total. The van der Waals surface area contributed by atoms with Crippen LogP contribution in [0.15, 0.2) is 29.2 Å². The summed E-state index contributed by atoms with van der Waals surface area (Å²) in [7, 11) is -4.53. The normalized spacial score (nSPS) is 12.0. The number of fused-ring (bicyclic) bond motifs is 1. The van der Waals surface area contributed by atoms with Crippen LogP contribution in [0.25, 0.3) is 10.8 Å². The average molecular weight is 449 g/mol. The van der Waals surface area contributed by atoms with Gasteiger partial charge in [-0.15, -0.1) is 0 Å². The summed E-state index contributed by atoms with van der Waals surface area (Å²) in [5.74, 6) is -0.254. The Hall–Kier alpha value is -1.59. The van der Waals surface area contributed by atoms with Gasteiger partial charge in [-0.2, -0.15) is 8.42 Å². The molecule has 0 aromatic heterocycles. The molecule has 2 aromatic rings. The van der Waals surface area contributed by atoms with Gasteiger partial charge in [0.1, 0.15) is 10.6 Å². The second-order valence-corrected chi connectivity index (χ2v) is 10.0. The topological polar surface area (TPSA) is 74.6 Å². The van der Waals surface area contributed by atoms with Crippen molar-refractivity contribution in [3.8, 4) is 5.75 Å². The lowest BCUT2D eigenvalue weighted by Crippen LogP contribution is -2.06. The van der Waals surface area contributed by atoms with Crippen molar-refractivity contribution in [2.24, 2.45) is 0 Å². The Morgan fingerprint density at radius 1 is 0.677 bits per heavy atom. The molecule has 0 aliphatic heterocycles. The van der Waals surface area contributed by atoms with Crippen molar-refractivity contribution in [3.05, 3.63) is 35.4 Å². The molecule has 0 heterocycles. The highest BCUT2D eigenvalue weighted by molar-refractivity contribution is 7.86. The van der Waals surface area contributed by atoms with Gasteiger partial charge in [-0.25, -0.2) is 0 Å². The first-order chi connectivity index (χ1) is 14.9. The Balaban J connectivity index is 2.33. The van der Waals surface area contributed by atoms with E-state index < -0.39 is 10.1 Å². The Bertz CT molecular complexity index is 919. The second-order valence-electron chi connectivity index (χ2n) is 8.69. The fourth-order valence-electron chi connectivity index (χ4n) is 4.49. The Kier molecular flexibility index (Phi) is 10.8. The Labute approximate surface area is 188 Å².